The summed E-state index contributed by atoms with van der Waals surface area (Å²) in [7, 11) is 0. The van der Waals surface area contributed by atoms with Gasteiger partial charge in [0.2, 0.25) is 0 Å². The molecule has 1 aliphatic heterocycles. The molecule has 2 nitrogen and oxygen atoms in total. The Hall–Kier alpha value is -0.860. The predicted molar refractivity (Wildman–Crippen MR) is 56.9 cm³/mol. The maximum atomic E-state index is 9.29. The zero-order chi connectivity index (χ0) is 10.2. The Morgan fingerprint density at radius 3 is 2.14 bits per heavy atom. The molecule has 0 unspecified atom stereocenters. The van der Waals surface area contributed by atoms with E-state index >= 15 is 0 Å². The van der Waals surface area contributed by atoms with Gasteiger partial charge in [-0.05, 0) is 25.0 Å². The van der Waals surface area contributed by atoms with Crippen molar-refractivity contribution in [1.29, 1.82) is 0 Å². The molecule has 0 saturated heterocycles. The zero-order valence-corrected chi connectivity index (χ0v) is 8.83. The molecule has 0 saturated carbocycles. The van der Waals surface area contributed by atoms with Crippen LogP contribution in [0, 0.1) is 0 Å². The standard InChI is InChI=1S/C12H17NO/c1-12(2,9-14)13-7-10-5-3-4-6-11(10)8-13/h3-6,14H,7-9H2,1-2H3. The van der Waals surface area contributed by atoms with E-state index in [2.05, 4.69) is 43.0 Å². The molecule has 0 spiro atoms. The minimum absolute atomic E-state index is 0.112. The molecule has 2 rings (SSSR count). The molecule has 0 amide bonds. The highest BCUT2D eigenvalue weighted by Crippen LogP contribution is 2.28. The van der Waals surface area contributed by atoms with Gasteiger partial charge in [-0.2, -0.15) is 0 Å². The lowest BCUT2D eigenvalue weighted by Crippen LogP contribution is -2.43. The van der Waals surface area contributed by atoms with Crippen molar-refractivity contribution in [3.05, 3.63) is 35.4 Å². The Morgan fingerprint density at radius 1 is 1.21 bits per heavy atom. The van der Waals surface area contributed by atoms with Crippen molar-refractivity contribution in [2.75, 3.05) is 6.61 Å². The summed E-state index contributed by atoms with van der Waals surface area (Å²) in [6.45, 7) is 6.30. The average Bonchev–Trinajstić information content (AvgIpc) is 2.61. The Balaban J connectivity index is 2.19. The maximum Gasteiger partial charge on any atom is 0.0610 e. The second-order valence-corrected chi connectivity index (χ2v) is 4.60. The van der Waals surface area contributed by atoms with E-state index in [4.69, 9.17) is 0 Å². The molecule has 76 valence electrons. The fourth-order valence-electron chi connectivity index (χ4n) is 1.86. The molecular formula is C12H17NO. The van der Waals surface area contributed by atoms with Crippen LogP contribution in [0.4, 0.5) is 0 Å². The van der Waals surface area contributed by atoms with Gasteiger partial charge in [-0.15, -0.1) is 0 Å². The summed E-state index contributed by atoms with van der Waals surface area (Å²) in [5.74, 6) is 0. The van der Waals surface area contributed by atoms with E-state index in [1.807, 2.05) is 0 Å². The first-order chi connectivity index (χ1) is 6.63. The molecule has 1 aromatic rings. The number of aliphatic hydroxyl groups is 1. The molecule has 1 aliphatic rings. The maximum absolute atomic E-state index is 9.29. The van der Waals surface area contributed by atoms with Crippen LogP contribution in [0.5, 0.6) is 0 Å². The highest BCUT2D eigenvalue weighted by Gasteiger charge is 2.30. The van der Waals surface area contributed by atoms with E-state index in [1.165, 1.54) is 11.1 Å². The van der Waals surface area contributed by atoms with Crippen LogP contribution in [0.1, 0.15) is 25.0 Å². The zero-order valence-electron chi connectivity index (χ0n) is 8.83. The Bertz CT molecular complexity index is 308. The Kier molecular flexibility index (Phi) is 2.33. The third-order valence-corrected chi connectivity index (χ3v) is 3.08. The fraction of sp³-hybridized carbons (Fsp3) is 0.500. The summed E-state index contributed by atoms with van der Waals surface area (Å²) < 4.78 is 0. The van der Waals surface area contributed by atoms with E-state index in [9.17, 15) is 5.11 Å². The van der Waals surface area contributed by atoms with Crippen molar-refractivity contribution in [2.45, 2.75) is 32.5 Å². The SMILES string of the molecule is CC(C)(CO)N1Cc2ccccc2C1. The van der Waals surface area contributed by atoms with Crippen molar-refractivity contribution in [3.63, 3.8) is 0 Å². The van der Waals surface area contributed by atoms with Crippen LogP contribution < -0.4 is 0 Å². The molecule has 1 aromatic carbocycles. The number of rotatable bonds is 2. The summed E-state index contributed by atoms with van der Waals surface area (Å²) >= 11 is 0. The second-order valence-electron chi connectivity index (χ2n) is 4.60. The van der Waals surface area contributed by atoms with Gasteiger partial charge in [0.1, 0.15) is 0 Å². The first-order valence-electron chi connectivity index (χ1n) is 5.06. The summed E-state index contributed by atoms with van der Waals surface area (Å²) in [5.41, 5.74) is 2.68. The normalized spacial score (nSPS) is 17.1. The Labute approximate surface area is 85.2 Å². The van der Waals surface area contributed by atoms with E-state index in [-0.39, 0.29) is 12.1 Å². The van der Waals surface area contributed by atoms with Crippen LogP contribution >= 0.6 is 0 Å². The van der Waals surface area contributed by atoms with Gasteiger partial charge in [-0.1, -0.05) is 24.3 Å². The number of nitrogens with zero attached hydrogens (tertiary/aromatic N) is 1. The van der Waals surface area contributed by atoms with E-state index in [0.717, 1.165) is 13.1 Å². The van der Waals surface area contributed by atoms with E-state index < -0.39 is 0 Å². The van der Waals surface area contributed by atoms with Gasteiger partial charge in [0.25, 0.3) is 0 Å². The lowest BCUT2D eigenvalue weighted by atomic mass is 10.1. The van der Waals surface area contributed by atoms with E-state index in [1.54, 1.807) is 0 Å². The summed E-state index contributed by atoms with van der Waals surface area (Å²) in [5, 5.41) is 9.29. The molecule has 0 radical (unpaired) electrons. The first-order valence-corrected chi connectivity index (χ1v) is 5.06. The third kappa shape index (κ3) is 1.56. The molecule has 1 heterocycles. The van der Waals surface area contributed by atoms with Gasteiger partial charge >= 0.3 is 0 Å². The molecule has 0 bridgehead atoms. The van der Waals surface area contributed by atoms with Gasteiger partial charge < -0.3 is 5.11 Å². The first kappa shape index (κ1) is 9.69. The van der Waals surface area contributed by atoms with Gasteiger partial charge in [0, 0.05) is 18.6 Å². The van der Waals surface area contributed by atoms with Crippen LogP contribution in [-0.2, 0) is 13.1 Å². The molecule has 0 aromatic heterocycles. The van der Waals surface area contributed by atoms with Crippen molar-refractivity contribution < 1.29 is 5.11 Å². The number of hydrogen-bond acceptors (Lipinski definition) is 2. The number of benzene rings is 1. The number of hydrogen-bond donors (Lipinski definition) is 1. The monoisotopic (exact) mass is 191 g/mol. The van der Waals surface area contributed by atoms with Crippen LogP contribution in [0.15, 0.2) is 24.3 Å². The van der Waals surface area contributed by atoms with Crippen LogP contribution in [0.3, 0.4) is 0 Å². The minimum Gasteiger partial charge on any atom is -0.394 e. The van der Waals surface area contributed by atoms with Crippen molar-refractivity contribution >= 4 is 0 Å². The largest absolute Gasteiger partial charge is 0.394 e. The summed E-state index contributed by atoms with van der Waals surface area (Å²) in [4.78, 5) is 2.32. The average molecular weight is 191 g/mol. The van der Waals surface area contributed by atoms with Crippen molar-refractivity contribution in [3.8, 4) is 0 Å². The summed E-state index contributed by atoms with van der Waals surface area (Å²) in [6.07, 6.45) is 0. The summed E-state index contributed by atoms with van der Waals surface area (Å²) in [6, 6.07) is 8.49. The molecule has 1 N–H and O–H groups in total. The van der Waals surface area contributed by atoms with Gasteiger partial charge in [-0.25, -0.2) is 0 Å². The highest BCUT2D eigenvalue weighted by atomic mass is 16.3. The van der Waals surface area contributed by atoms with Crippen molar-refractivity contribution in [2.24, 2.45) is 0 Å². The highest BCUT2D eigenvalue weighted by molar-refractivity contribution is 5.30. The van der Waals surface area contributed by atoms with Crippen molar-refractivity contribution in [1.82, 2.24) is 4.90 Å². The quantitative estimate of drug-likeness (QED) is 0.770. The second kappa shape index (κ2) is 3.37. The molecule has 2 heteroatoms. The molecule has 0 atom stereocenters. The molecular weight excluding hydrogens is 174 g/mol. The molecule has 0 aliphatic carbocycles. The van der Waals surface area contributed by atoms with E-state index in [0.29, 0.717) is 0 Å². The number of aliphatic hydroxyl groups excluding tert-OH is 1. The van der Waals surface area contributed by atoms with Crippen LogP contribution in [0.2, 0.25) is 0 Å². The third-order valence-electron chi connectivity index (χ3n) is 3.08. The predicted octanol–water partition coefficient (Wildman–Crippen LogP) is 1.77. The number of fused-ring (bicyclic) bond motifs is 1. The lowest BCUT2D eigenvalue weighted by Gasteiger charge is -2.33. The Morgan fingerprint density at radius 2 is 1.71 bits per heavy atom. The lowest BCUT2D eigenvalue weighted by molar-refractivity contribution is 0.0545. The van der Waals surface area contributed by atoms with Crippen LogP contribution in [0.25, 0.3) is 0 Å². The fourth-order valence-corrected chi connectivity index (χ4v) is 1.86. The van der Waals surface area contributed by atoms with Gasteiger partial charge in [0.05, 0.1) is 6.61 Å². The molecule has 0 fully saturated rings. The molecule has 14 heavy (non-hydrogen) atoms. The van der Waals surface area contributed by atoms with Gasteiger partial charge in [-0.3, -0.25) is 4.90 Å². The van der Waals surface area contributed by atoms with Crippen LogP contribution in [-0.4, -0.2) is 22.2 Å². The smallest absolute Gasteiger partial charge is 0.0610 e. The minimum atomic E-state index is -0.112. The topological polar surface area (TPSA) is 23.5 Å². The van der Waals surface area contributed by atoms with Gasteiger partial charge in [0.15, 0.2) is 0 Å².